The normalized spacial score (nSPS) is 11.4. The van der Waals surface area contributed by atoms with Crippen LogP contribution in [0.25, 0.3) is 0 Å². The average Bonchev–Trinajstić information content (AvgIpc) is 2.22. The second-order valence-electron chi connectivity index (χ2n) is 3.81. The van der Waals surface area contributed by atoms with Crippen LogP contribution >= 0.6 is 0 Å². The monoisotopic (exact) mass is 242 g/mol. The zero-order valence-electron chi connectivity index (χ0n) is 9.66. The van der Waals surface area contributed by atoms with Gasteiger partial charge >= 0.3 is 0 Å². The molecule has 0 saturated heterocycles. The number of sulfonamides is 1. The van der Waals surface area contributed by atoms with Crippen LogP contribution in [-0.2, 0) is 10.0 Å². The lowest BCUT2D eigenvalue weighted by Gasteiger charge is -2.11. The summed E-state index contributed by atoms with van der Waals surface area (Å²) in [6.07, 6.45) is 0.472. The Hall–Kier alpha value is -1.07. The van der Waals surface area contributed by atoms with E-state index in [4.69, 9.17) is 5.73 Å². The highest BCUT2D eigenvalue weighted by Gasteiger charge is 2.11. The number of nitrogens with one attached hydrogen (secondary N) is 1. The Balaban J connectivity index is 2.84. The van der Waals surface area contributed by atoms with Gasteiger partial charge in [0, 0.05) is 0 Å². The summed E-state index contributed by atoms with van der Waals surface area (Å²) in [6.45, 7) is 4.23. The molecule has 1 aromatic rings. The van der Waals surface area contributed by atoms with Gasteiger partial charge < -0.3 is 5.73 Å². The summed E-state index contributed by atoms with van der Waals surface area (Å²) >= 11 is 0. The molecule has 90 valence electrons. The maximum Gasteiger partial charge on any atom is 0.232 e. The highest BCUT2D eigenvalue weighted by molar-refractivity contribution is 7.92. The van der Waals surface area contributed by atoms with E-state index in [0.29, 0.717) is 18.7 Å². The molecule has 1 rings (SSSR count). The van der Waals surface area contributed by atoms with Gasteiger partial charge in [-0.15, -0.1) is 0 Å². The van der Waals surface area contributed by atoms with Crippen LogP contribution < -0.4 is 10.5 Å². The molecule has 0 radical (unpaired) electrons. The van der Waals surface area contributed by atoms with Crippen molar-refractivity contribution in [2.24, 2.45) is 5.73 Å². The van der Waals surface area contributed by atoms with E-state index >= 15 is 0 Å². The van der Waals surface area contributed by atoms with Crippen LogP contribution in [-0.4, -0.2) is 20.7 Å². The van der Waals surface area contributed by atoms with Gasteiger partial charge in [-0.2, -0.15) is 0 Å². The molecule has 5 heteroatoms. The molecule has 0 aliphatic rings. The van der Waals surface area contributed by atoms with Crippen molar-refractivity contribution in [1.82, 2.24) is 0 Å². The maximum atomic E-state index is 11.7. The predicted octanol–water partition coefficient (Wildman–Crippen LogP) is 1.39. The fraction of sp³-hybridized carbons (Fsp3) is 0.455. The van der Waals surface area contributed by atoms with Crippen molar-refractivity contribution in [2.75, 3.05) is 17.0 Å². The van der Waals surface area contributed by atoms with E-state index in [-0.39, 0.29) is 5.75 Å². The third-order valence-electron chi connectivity index (χ3n) is 2.49. The topological polar surface area (TPSA) is 72.2 Å². The van der Waals surface area contributed by atoms with Crippen LogP contribution in [0.5, 0.6) is 0 Å². The van der Waals surface area contributed by atoms with Crippen LogP contribution in [0.2, 0.25) is 0 Å². The van der Waals surface area contributed by atoms with Gasteiger partial charge in [-0.25, -0.2) is 8.42 Å². The van der Waals surface area contributed by atoms with E-state index in [9.17, 15) is 8.42 Å². The minimum absolute atomic E-state index is 0.0664. The smallest absolute Gasteiger partial charge is 0.232 e. The molecule has 0 saturated carbocycles. The third-order valence-corrected chi connectivity index (χ3v) is 3.84. The van der Waals surface area contributed by atoms with Gasteiger partial charge in [0.25, 0.3) is 0 Å². The Labute approximate surface area is 96.9 Å². The molecule has 0 aromatic heterocycles. The molecule has 0 bridgehead atoms. The summed E-state index contributed by atoms with van der Waals surface area (Å²) in [6, 6.07) is 5.55. The summed E-state index contributed by atoms with van der Waals surface area (Å²) < 4.78 is 25.9. The molecule has 0 atom stereocenters. The van der Waals surface area contributed by atoms with Crippen molar-refractivity contribution in [1.29, 1.82) is 0 Å². The molecule has 16 heavy (non-hydrogen) atoms. The lowest BCUT2D eigenvalue weighted by Crippen LogP contribution is -2.19. The van der Waals surface area contributed by atoms with Gasteiger partial charge in [-0.1, -0.05) is 12.1 Å². The minimum Gasteiger partial charge on any atom is -0.330 e. The first-order valence-corrected chi connectivity index (χ1v) is 6.88. The van der Waals surface area contributed by atoms with Crippen LogP contribution in [0.15, 0.2) is 18.2 Å². The van der Waals surface area contributed by atoms with E-state index in [0.717, 1.165) is 11.1 Å². The fourth-order valence-corrected chi connectivity index (χ4v) is 2.56. The molecule has 0 heterocycles. The number of benzene rings is 1. The first-order chi connectivity index (χ1) is 7.46. The van der Waals surface area contributed by atoms with Crippen molar-refractivity contribution >= 4 is 15.7 Å². The van der Waals surface area contributed by atoms with Crippen LogP contribution in [0.3, 0.4) is 0 Å². The molecular formula is C11H18N2O2S. The van der Waals surface area contributed by atoms with Crippen LogP contribution in [0, 0.1) is 13.8 Å². The Bertz CT molecular complexity index is 455. The summed E-state index contributed by atoms with van der Waals surface area (Å²) in [5.74, 6) is 0.0664. The zero-order valence-corrected chi connectivity index (χ0v) is 10.5. The van der Waals surface area contributed by atoms with Gasteiger partial charge in [0.15, 0.2) is 0 Å². The Kier molecular flexibility index (Phi) is 4.32. The van der Waals surface area contributed by atoms with Gasteiger partial charge in [-0.3, -0.25) is 4.72 Å². The zero-order chi connectivity index (χ0) is 12.2. The molecular weight excluding hydrogens is 224 g/mol. The standard InChI is InChI=1S/C11H18N2O2S/c1-9-5-3-6-11(10(9)2)13-16(14,15)8-4-7-12/h3,5-6,13H,4,7-8,12H2,1-2H3. The lowest BCUT2D eigenvalue weighted by molar-refractivity contribution is 0.598. The SMILES string of the molecule is Cc1cccc(NS(=O)(=O)CCCN)c1C. The highest BCUT2D eigenvalue weighted by atomic mass is 32.2. The van der Waals surface area contributed by atoms with Crippen molar-refractivity contribution in [3.05, 3.63) is 29.3 Å². The van der Waals surface area contributed by atoms with Crippen molar-refractivity contribution in [2.45, 2.75) is 20.3 Å². The highest BCUT2D eigenvalue weighted by Crippen LogP contribution is 2.19. The first-order valence-electron chi connectivity index (χ1n) is 5.23. The van der Waals surface area contributed by atoms with Gasteiger partial charge in [0.1, 0.15) is 0 Å². The van der Waals surface area contributed by atoms with E-state index in [2.05, 4.69) is 4.72 Å². The van der Waals surface area contributed by atoms with Crippen molar-refractivity contribution < 1.29 is 8.42 Å². The Morgan fingerprint density at radius 2 is 2.00 bits per heavy atom. The first kappa shape index (κ1) is 13.0. The summed E-state index contributed by atoms with van der Waals surface area (Å²) in [5, 5.41) is 0. The van der Waals surface area contributed by atoms with Crippen molar-refractivity contribution in [3.8, 4) is 0 Å². The van der Waals surface area contributed by atoms with E-state index in [1.807, 2.05) is 26.0 Å². The Morgan fingerprint density at radius 1 is 1.31 bits per heavy atom. The Morgan fingerprint density at radius 3 is 2.62 bits per heavy atom. The quantitative estimate of drug-likeness (QED) is 0.819. The lowest BCUT2D eigenvalue weighted by atomic mass is 10.1. The van der Waals surface area contributed by atoms with Gasteiger partial charge in [0.05, 0.1) is 11.4 Å². The number of hydrogen-bond acceptors (Lipinski definition) is 3. The third kappa shape index (κ3) is 3.50. The summed E-state index contributed by atoms with van der Waals surface area (Å²) in [4.78, 5) is 0. The molecule has 0 fully saturated rings. The molecule has 0 amide bonds. The van der Waals surface area contributed by atoms with Crippen molar-refractivity contribution in [3.63, 3.8) is 0 Å². The van der Waals surface area contributed by atoms with Crippen LogP contribution in [0.4, 0.5) is 5.69 Å². The fourth-order valence-electron chi connectivity index (χ4n) is 1.35. The minimum atomic E-state index is -3.27. The average molecular weight is 242 g/mol. The molecule has 0 spiro atoms. The number of nitrogens with two attached hydrogens (primary N) is 1. The van der Waals surface area contributed by atoms with Crippen LogP contribution in [0.1, 0.15) is 17.5 Å². The number of hydrogen-bond donors (Lipinski definition) is 2. The largest absolute Gasteiger partial charge is 0.330 e. The van der Waals surface area contributed by atoms with E-state index in [1.165, 1.54) is 0 Å². The van der Waals surface area contributed by atoms with Gasteiger partial charge in [-0.05, 0) is 44.0 Å². The molecule has 0 aliphatic carbocycles. The second kappa shape index (κ2) is 5.32. The predicted molar refractivity (Wildman–Crippen MR) is 67.0 cm³/mol. The molecule has 3 N–H and O–H groups in total. The molecule has 0 aliphatic heterocycles. The number of aryl methyl sites for hydroxylation is 1. The van der Waals surface area contributed by atoms with Gasteiger partial charge in [0.2, 0.25) is 10.0 Å². The maximum absolute atomic E-state index is 11.7. The molecule has 4 nitrogen and oxygen atoms in total. The summed E-state index contributed by atoms with van der Waals surface area (Å²) in [7, 11) is -3.27. The number of rotatable bonds is 5. The van der Waals surface area contributed by atoms with E-state index < -0.39 is 10.0 Å². The number of anilines is 1. The summed E-state index contributed by atoms with van der Waals surface area (Å²) in [5.41, 5.74) is 7.97. The molecule has 1 aromatic carbocycles. The van der Waals surface area contributed by atoms with E-state index in [1.54, 1.807) is 6.07 Å². The molecule has 0 unspecified atom stereocenters. The second-order valence-corrected chi connectivity index (χ2v) is 5.65.